The number of anilines is 1. The number of imidazole rings is 1. The Hall–Kier alpha value is -2.21. The summed E-state index contributed by atoms with van der Waals surface area (Å²) in [5.74, 6) is 0.539. The van der Waals surface area contributed by atoms with Crippen LogP contribution in [0.1, 0.15) is 11.1 Å². The monoisotopic (exact) mass is 325 g/mol. The number of aromatic nitrogens is 2. The van der Waals surface area contributed by atoms with E-state index in [0.717, 1.165) is 28.7 Å². The second-order valence-corrected chi connectivity index (χ2v) is 5.23. The number of aromatic amines is 1. The second-order valence-electron chi connectivity index (χ2n) is 4.80. The first kappa shape index (κ1) is 14.7. The van der Waals surface area contributed by atoms with Crippen LogP contribution >= 0.6 is 11.6 Å². The molecule has 0 saturated carbocycles. The molecule has 0 aliphatic carbocycles. The Kier molecular flexibility index (Phi) is 3.70. The van der Waals surface area contributed by atoms with Gasteiger partial charge in [0.2, 0.25) is 5.95 Å². The van der Waals surface area contributed by atoms with Gasteiger partial charge >= 0.3 is 6.18 Å². The van der Waals surface area contributed by atoms with Gasteiger partial charge in [0.05, 0.1) is 16.6 Å². The number of hydrogen-bond donors (Lipinski definition) is 2. The molecule has 0 spiro atoms. The van der Waals surface area contributed by atoms with E-state index in [1.165, 1.54) is 12.1 Å². The van der Waals surface area contributed by atoms with Crippen LogP contribution in [-0.2, 0) is 12.7 Å². The Balaban J connectivity index is 1.71. The Morgan fingerprint density at radius 3 is 2.50 bits per heavy atom. The summed E-state index contributed by atoms with van der Waals surface area (Å²) >= 11 is 5.89. The highest BCUT2D eigenvalue weighted by Gasteiger charge is 2.29. The molecule has 3 nitrogen and oxygen atoms in total. The predicted molar refractivity (Wildman–Crippen MR) is 79.9 cm³/mol. The van der Waals surface area contributed by atoms with Gasteiger partial charge in [-0.1, -0.05) is 23.7 Å². The highest BCUT2D eigenvalue weighted by atomic mass is 35.5. The lowest BCUT2D eigenvalue weighted by atomic mass is 10.1. The lowest BCUT2D eigenvalue weighted by Crippen LogP contribution is -2.06. The maximum Gasteiger partial charge on any atom is 0.416 e. The fourth-order valence-electron chi connectivity index (χ4n) is 2.06. The van der Waals surface area contributed by atoms with Gasteiger partial charge in [-0.05, 0) is 35.9 Å². The molecule has 0 fully saturated rings. The number of halogens is 4. The van der Waals surface area contributed by atoms with Crippen LogP contribution in [0.3, 0.4) is 0 Å². The van der Waals surface area contributed by atoms with E-state index >= 15 is 0 Å². The van der Waals surface area contributed by atoms with Gasteiger partial charge < -0.3 is 10.3 Å². The van der Waals surface area contributed by atoms with Crippen LogP contribution in [0.5, 0.6) is 0 Å². The first-order valence-electron chi connectivity index (χ1n) is 6.47. The molecule has 0 bridgehead atoms. The molecule has 2 aromatic carbocycles. The van der Waals surface area contributed by atoms with Gasteiger partial charge in [0.15, 0.2) is 0 Å². The van der Waals surface area contributed by atoms with E-state index < -0.39 is 11.7 Å². The zero-order valence-corrected chi connectivity index (χ0v) is 12.0. The summed E-state index contributed by atoms with van der Waals surface area (Å²) in [6, 6.07) is 10.3. The van der Waals surface area contributed by atoms with E-state index in [9.17, 15) is 13.2 Å². The zero-order chi connectivity index (χ0) is 15.7. The summed E-state index contributed by atoms with van der Waals surface area (Å²) < 4.78 is 37.4. The van der Waals surface area contributed by atoms with Gasteiger partial charge in [-0.15, -0.1) is 0 Å². The smallest absolute Gasteiger partial charge is 0.352 e. The topological polar surface area (TPSA) is 40.7 Å². The fraction of sp³-hybridized carbons (Fsp3) is 0.133. The standard InChI is InChI=1S/C15H11ClF3N3/c16-11-5-6-12-13(7-11)22-14(21-12)20-8-9-1-3-10(4-2-9)15(17,18)19/h1-7H,8H2,(H2,20,21,22). The highest BCUT2D eigenvalue weighted by molar-refractivity contribution is 6.31. The SMILES string of the molecule is FC(F)(F)c1ccc(CNc2nc3ccc(Cl)cc3[nH]2)cc1. The second kappa shape index (κ2) is 5.53. The van der Waals surface area contributed by atoms with E-state index in [1.54, 1.807) is 18.2 Å². The van der Waals surface area contributed by atoms with E-state index in [4.69, 9.17) is 11.6 Å². The molecule has 22 heavy (non-hydrogen) atoms. The van der Waals surface area contributed by atoms with Crippen LogP contribution in [0.2, 0.25) is 5.02 Å². The predicted octanol–water partition coefficient (Wildman–Crippen LogP) is 4.85. The third-order valence-electron chi connectivity index (χ3n) is 3.19. The first-order valence-corrected chi connectivity index (χ1v) is 6.85. The van der Waals surface area contributed by atoms with E-state index in [2.05, 4.69) is 15.3 Å². The summed E-state index contributed by atoms with van der Waals surface area (Å²) in [7, 11) is 0. The molecule has 0 radical (unpaired) electrons. The normalized spacial score (nSPS) is 11.8. The van der Waals surface area contributed by atoms with Crippen LogP contribution in [0.4, 0.5) is 19.1 Å². The van der Waals surface area contributed by atoms with Crippen molar-refractivity contribution in [1.82, 2.24) is 9.97 Å². The first-order chi connectivity index (χ1) is 10.4. The number of nitrogens with one attached hydrogen (secondary N) is 2. The van der Waals surface area contributed by atoms with Gasteiger partial charge in [0.25, 0.3) is 0 Å². The lowest BCUT2D eigenvalue weighted by Gasteiger charge is -2.08. The summed E-state index contributed by atoms with van der Waals surface area (Å²) in [4.78, 5) is 7.38. The van der Waals surface area contributed by atoms with E-state index in [1.807, 2.05) is 0 Å². The van der Waals surface area contributed by atoms with Gasteiger partial charge in [-0.25, -0.2) is 4.98 Å². The van der Waals surface area contributed by atoms with Gasteiger partial charge in [-0.3, -0.25) is 0 Å². The molecule has 0 saturated heterocycles. The zero-order valence-electron chi connectivity index (χ0n) is 11.2. The summed E-state index contributed by atoms with van der Waals surface area (Å²) in [5.41, 5.74) is 1.63. The lowest BCUT2D eigenvalue weighted by molar-refractivity contribution is -0.137. The van der Waals surface area contributed by atoms with Crippen LogP contribution in [-0.4, -0.2) is 9.97 Å². The molecule has 0 atom stereocenters. The number of rotatable bonds is 3. The molecule has 0 aliphatic heterocycles. The number of alkyl halides is 3. The van der Waals surface area contributed by atoms with Crippen molar-refractivity contribution in [2.24, 2.45) is 0 Å². The van der Waals surface area contributed by atoms with E-state index in [0.29, 0.717) is 17.5 Å². The Morgan fingerprint density at radius 2 is 1.82 bits per heavy atom. The minimum Gasteiger partial charge on any atom is -0.352 e. The molecule has 3 aromatic rings. The average Bonchev–Trinajstić information content (AvgIpc) is 2.86. The molecule has 0 amide bonds. The van der Waals surface area contributed by atoms with Crippen LogP contribution < -0.4 is 5.32 Å². The van der Waals surface area contributed by atoms with Crippen molar-refractivity contribution >= 4 is 28.6 Å². The minimum atomic E-state index is -4.32. The number of H-pyrrole nitrogens is 1. The minimum absolute atomic E-state index is 0.367. The summed E-state index contributed by atoms with van der Waals surface area (Å²) in [6.45, 7) is 0.367. The number of benzene rings is 2. The number of fused-ring (bicyclic) bond motifs is 1. The molecule has 114 valence electrons. The number of hydrogen-bond acceptors (Lipinski definition) is 2. The van der Waals surface area contributed by atoms with E-state index in [-0.39, 0.29) is 0 Å². The molecule has 2 N–H and O–H groups in total. The largest absolute Gasteiger partial charge is 0.416 e. The molecule has 1 heterocycles. The third kappa shape index (κ3) is 3.17. The molecular weight excluding hydrogens is 315 g/mol. The summed E-state index contributed by atoms with van der Waals surface area (Å²) in [5, 5.41) is 3.64. The average molecular weight is 326 g/mol. The van der Waals surface area contributed by atoms with Crippen molar-refractivity contribution in [3.05, 3.63) is 58.6 Å². The van der Waals surface area contributed by atoms with Gasteiger partial charge in [0.1, 0.15) is 0 Å². The molecule has 0 aliphatic rings. The third-order valence-corrected chi connectivity index (χ3v) is 3.42. The van der Waals surface area contributed by atoms with Crippen molar-refractivity contribution in [2.75, 3.05) is 5.32 Å². The van der Waals surface area contributed by atoms with Crippen molar-refractivity contribution in [1.29, 1.82) is 0 Å². The van der Waals surface area contributed by atoms with Gasteiger partial charge in [-0.2, -0.15) is 13.2 Å². The van der Waals surface area contributed by atoms with Crippen LogP contribution in [0, 0.1) is 0 Å². The Labute approximate surface area is 129 Å². The quantitative estimate of drug-likeness (QED) is 0.723. The molecule has 1 aromatic heterocycles. The Morgan fingerprint density at radius 1 is 1.09 bits per heavy atom. The van der Waals surface area contributed by atoms with Crippen molar-refractivity contribution in [2.45, 2.75) is 12.7 Å². The molecule has 7 heteroatoms. The van der Waals surface area contributed by atoms with Crippen LogP contribution in [0.25, 0.3) is 11.0 Å². The maximum atomic E-state index is 12.5. The van der Waals surface area contributed by atoms with Crippen molar-refractivity contribution in [3.8, 4) is 0 Å². The van der Waals surface area contributed by atoms with Crippen molar-refractivity contribution < 1.29 is 13.2 Å². The fourth-order valence-corrected chi connectivity index (χ4v) is 2.24. The molecule has 3 rings (SSSR count). The maximum absolute atomic E-state index is 12.5. The van der Waals surface area contributed by atoms with Crippen LogP contribution in [0.15, 0.2) is 42.5 Å². The Bertz CT molecular complexity index is 794. The molecular formula is C15H11ClF3N3. The highest BCUT2D eigenvalue weighted by Crippen LogP contribution is 2.29. The van der Waals surface area contributed by atoms with Gasteiger partial charge in [0, 0.05) is 11.6 Å². The van der Waals surface area contributed by atoms with Crippen molar-refractivity contribution in [3.63, 3.8) is 0 Å². The summed E-state index contributed by atoms with van der Waals surface area (Å²) in [6.07, 6.45) is -4.32. The number of nitrogens with zero attached hydrogens (tertiary/aromatic N) is 1. The molecule has 0 unspecified atom stereocenters.